The summed E-state index contributed by atoms with van der Waals surface area (Å²) in [4.78, 5) is 38.7. The standard InChI is InChI=1S/C23H34N6O2/c1-17-6-4-12-28(16-17)13-5-11-25-22(30)18-8-14-29(15-9-18)21-23(31)27(2)20-19(26-21)7-3-10-24-20/h3,7,10,17-18H,4-6,8-9,11-16H2,1-2H3,(H,25,30). The Kier molecular flexibility index (Phi) is 6.85. The van der Waals surface area contributed by atoms with E-state index < -0.39 is 0 Å². The van der Waals surface area contributed by atoms with Gasteiger partial charge >= 0.3 is 0 Å². The molecule has 1 unspecified atom stereocenters. The summed E-state index contributed by atoms with van der Waals surface area (Å²) in [5.41, 5.74) is 1.16. The highest BCUT2D eigenvalue weighted by Crippen LogP contribution is 2.21. The molecule has 8 heteroatoms. The number of hydrogen-bond acceptors (Lipinski definition) is 6. The SMILES string of the molecule is CC1CCCN(CCCNC(=O)C2CCN(c3nc4cccnc4n(C)c3=O)CC2)C1. The number of nitrogens with zero attached hydrogens (tertiary/aromatic N) is 5. The fourth-order valence-electron chi connectivity index (χ4n) is 4.85. The van der Waals surface area contributed by atoms with Gasteiger partial charge in [-0.3, -0.25) is 14.2 Å². The normalized spacial score (nSPS) is 20.8. The maximum Gasteiger partial charge on any atom is 0.294 e. The summed E-state index contributed by atoms with van der Waals surface area (Å²) in [6.45, 7) is 7.83. The molecule has 31 heavy (non-hydrogen) atoms. The van der Waals surface area contributed by atoms with Gasteiger partial charge < -0.3 is 15.1 Å². The van der Waals surface area contributed by atoms with E-state index in [0.29, 0.717) is 30.1 Å². The molecule has 2 aliphatic rings. The smallest absolute Gasteiger partial charge is 0.294 e. The van der Waals surface area contributed by atoms with Gasteiger partial charge in [0.15, 0.2) is 11.5 Å². The molecule has 4 rings (SSSR count). The first-order valence-electron chi connectivity index (χ1n) is 11.6. The number of nitrogens with one attached hydrogen (secondary N) is 1. The fraction of sp³-hybridized carbons (Fsp3) is 0.652. The van der Waals surface area contributed by atoms with Crippen molar-refractivity contribution in [2.75, 3.05) is 44.2 Å². The highest BCUT2D eigenvalue weighted by molar-refractivity contribution is 5.79. The van der Waals surface area contributed by atoms with Crippen LogP contribution >= 0.6 is 0 Å². The lowest BCUT2D eigenvalue weighted by molar-refractivity contribution is -0.125. The molecule has 8 nitrogen and oxygen atoms in total. The van der Waals surface area contributed by atoms with Crippen molar-refractivity contribution in [2.45, 2.75) is 39.0 Å². The van der Waals surface area contributed by atoms with Crippen molar-refractivity contribution < 1.29 is 4.79 Å². The van der Waals surface area contributed by atoms with Crippen LogP contribution in [0.2, 0.25) is 0 Å². The third kappa shape index (κ3) is 5.06. The van der Waals surface area contributed by atoms with Crippen molar-refractivity contribution in [3.63, 3.8) is 0 Å². The van der Waals surface area contributed by atoms with Crippen molar-refractivity contribution in [3.05, 3.63) is 28.7 Å². The number of hydrogen-bond donors (Lipinski definition) is 1. The molecule has 2 aliphatic heterocycles. The largest absolute Gasteiger partial charge is 0.356 e. The van der Waals surface area contributed by atoms with Crippen molar-refractivity contribution in [1.29, 1.82) is 0 Å². The molecule has 2 saturated heterocycles. The van der Waals surface area contributed by atoms with E-state index in [9.17, 15) is 9.59 Å². The zero-order chi connectivity index (χ0) is 21.8. The summed E-state index contributed by atoms with van der Waals surface area (Å²) in [6, 6.07) is 3.70. The van der Waals surface area contributed by atoms with E-state index in [1.54, 1.807) is 17.8 Å². The second-order valence-corrected chi connectivity index (χ2v) is 9.10. The Hall–Kier alpha value is -2.48. The molecular weight excluding hydrogens is 392 g/mol. The number of aromatic nitrogens is 3. The first-order chi connectivity index (χ1) is 15.0. The highest BCUT2D eigenvalue weighted by atomic mass is 16.2. The molecule has 1 N–H and O–H groups in total. The molecule has 0 spiro atoms. The summed E-state index contributed by atoms with van der Waals surface area (Å²) in [5.74, 6) is 1.41. The average molecular weight is 427 g/mol. The minimum Gasteiger partial charge on any atom is -0.356 e. The number of likely N-dealkylation sites (tertiary alicyclic amines) is 1. The van der Waals surface area contributed by atoms with Gasteiger partial charge in [-0.15, -0.1) is 0 Å². The summed E-state index contributed by atoms with van der Waals surface area (Å²) < 4.78 is 1.56. The lowest BCUT2D eigenvalue weighted by Crippen LogP contribution is -2.43. The zero-order valence-corrected chi connectivity index (χ0v) is 18.7. The minimum atomic E-state index is -0.138. The number of pyridine rings is 1. The van der Waals surface area contributed by atoms with Gasteiger partial charge in [-0.25, -0.2) is 9.97 Å². The monoisotopic (exact) mass is 426 g/mol. The number of amides is 1. The number of fused-ring (bicyclic) bond motifs is 1. The molecule has 0 aliphatic carbocycles. The summed E-state index contributed by atoms with van der Waals surface area (Å²) in [6.07, 6.45) is 6.78. The van der Waals surface area contributed by atoms with Crippen LogP contribution in [0.1, 0.15) is 39.0 Å². The van der Waals surface area contributed by atoms with E-state index in [2.05, 4.69) is 27.1 Å². The van der Waals surface area contributed by atoms with Crippen LogP contribution in [0.4, 0.5) is 5.82 Å². The van der Waals surface area contributed by atoms with Crippen LogP contribution < -0.4 is 15.8 Å². The number of carbonyl (C=O) groups is 1. The Morgan fingerprint density at radius 2 is 2.03 bits per heavy atom. The Balaban J connectivity index is 1.26. The Labute approximate surface area is 183 Å². The lowest BCUT2D eigenvalue weighted by atomic mass is 9.96. The summed E-state index contributed by atoms with van der Waals surface area (Å²) in [5, 5.41) is 3.13. The molecule has 4 heterocycles. The van der Waals surface area contributed by atoms with Crippen molar-refractivity contribution >= 4 is 22.9 Å². The zero-order valence-electron chi connectivity index (χ0n) is 18.7. The van der Waals surface area contributed by atoms with E-state index in [1.165, 1.54) is 25.9 Å². The topological polar surface area (TPSA) is 83.4 Å². The van der Waals surface area contributed by atoms with Gasteiger partial charge in [-0.2, -0.15) is 0 Å². The van der Waals surface area contributed by atoms with Crippen LogP contribution in [0.25, 0.3) is 11.2 Å². The van der Waals surface area contributed by atoms with E-state index >= 15 is 0 Å². The van der Waals surface area contributed by atoms with E-state index in [1.807, 2.05) is 17.0 Å². The maximum absolute atomic E-state index is 12.8. The van der Waals surface area contributed by atoms with Crippen molar-refractivity contribution in [1.82, 2.24) is 24.8 Å². The molecule has 2 fully saturated rings. The molecule has 0 bridgehead atoms. The maximum atomic E-state index is 12.8. The van der Waals surface area contributed by atoms with Crippen molar-refractivity contribution in [3.8, 4) is 0 Å². The quantitative estimate of drug-likeness (QED) is 0.709. The van der Waals surface area contributed by atoms with Gasteiger partial charge in [-0.05, 0) is 63.2 Å². The number of carbonyl (C=O) groups excluding carboxylic acids is 1. The Morgan fingerprint density at radius 3 is 2.81 bits per heavy atom. The number of anilines is 1. The molecule has 0 aromatic carbocycles. The average Bonchev–Trinajstić information content (AvgIpc) is 2.79. The number of aryl methyl sites for hydroxylation is 1. The van der Waals surface area contributed by atoms with Crippen LogP contribution in [-0.2, 0) is 11.8 Å². The minimum absolute atomic E-state index is 0.0113. The predicted molar refractivity (Wildman–Crippen MR) is 122 cm³/mol. The molecular formula is C23H34N6O2. The molecule has 2 aromatic rings. The summed E-state index contributed by atoms with van der Waals surface area (Å²) in [7, 11) is 1.73. The van der Waals surface area contributed by atoms with E-state index in [4.69, 9.17) is 0 Å². The molecule has 1 amide bonds. The Morgan fingerprint density at radius 1 is 1.23 bits per heavy atom. The van der Waals surface area contributed by atoms with Gasteiger partial charge in [-0.1, -0.05) is 6.92 Å². The second-order valence-electron chi connectivity index (χ2n) is 9.10. The summed E-state index contributed by atoms with van der Waals surface area (Å²) >= 11 is 0. The van der Waals surface area contributed by atoms with Gasteiger partial charge in [0.25, 0.3) is 5.56 Å². The van der Waals surface area contributed by atoms with Crippen LogP contribution in [0, 0.1) is 11.8 Å². The van der Waals surface area contributed by atoms with Gasteiger partial charge in [0.2, 0.25) is 5.91 Å². The number of rotatable bonds is 6. The van der Waals surface area contributed by atoms with Crippen LogP contribution in [0.5, 0.6) is 0 Å². The molecule has 2 aromatic heterocycles. The predicted octanol–water partition coefficient (Wildman–Crippen LogP) is 1.78. The van der Waals surface area contributed by atoms with Crippen molar-refractivity contribution in [2.24, 2.45) is 18.9 Å². The van der Waals surface area contributed by atoms with Crippen LogP contribution in [-0.4, -0.2) is 64.6 Å². The first kappa shape index (κ1) is 21.7. The van der Waals surface area contributed by atoms with E-state index in [-0.39, 0.29) is 17.4 Å². The molecule has 0 radical (unpaired) electrons. The third-order valence-electron chi connectivity index (χ3n) is 6.66. The molecule has 0 saturated carbocycles. The molecule has 168 valence electrons. The van der Waals surface area contributed by atoms with E-state index in [0.717, 1.165) is 38.3 Å². The highest BCUT2D eigenvalue weighted by Gasteiger charge is 2.27. The number of piperidine rings is 2. The Bertz CT molecular complexity index is 966. The molecule has 1 atom stereocenters. The third-order valence-corrected chi connectivity index (χ3v) is 6.66. The van der Waals surface area contributed by atoms with Gasteiger partial charge in [0.05, 0.1) is 0 Å². The second kappa shape index (κ2) is 9.77. The van der Waals surface area contributed by atoms with Gasteiger partial charge in [0.1, 0.15) is 5.52 Å². The lowest BCUT2D eigenvalue weighted by Gasteiger charge is -2.32. The van der Waals surface area contributed by atoms with Crippen LogP contribution in [0.3, 0.4) is 0 Å². The fourth-order valence-corrected chi connectivity index (χ4v) is 4.85. The van der Waals surface area contributed by atoms with Gasteiger partial charge in [0, 0.05) is 45.3 Å². The first-order valence-corrected chi connectivity index (χ1v) is 11.6. The van der Waals surface area contributed by atoms with Crippen LogP contribution in [0.15, 0.2) is 23.1 Å².